The van der Waals surface area contributed by atoms with Crippen LogP contribution in [-0.2, 0) is 4.74 Å². The van der Waals surface area contributed by atoms with Gasteiger partial charge in [-0.15, -0.1) is 0 Å². The molecule has 0 spiro atoms. The Labute approximate surface area is 68.6 Å². The zero-order valence-corrected chi connectivity index (χ0v) is 7.31. The zero-order chi connectivity index (χ0) is 8.16. The Kier molecular flexibility index (Phi) is 3.34. The van der Waals surface area contributed by atoms with E-state index in [9.17, 15) is 5.11 Å². The summed E-state index contributed by atoms with van der Waals surface area (Å²) in [5.74, 6) is 0. The minimum Gasteiger partial charge on any atom is -0.390 e. The van der Waals surface area contributed by atoms with Crippen LogP contribution in [0, 0.1) is 0 Å². The van der Waals surface area contributed by atoms with Gasteiger partial charge in [0.1, 0.15) is 0 Å². The van der Waals surface area contributed by atoms with Crippen molar-refractivity contribution in [3.8, 4) is 0 Å². The maximum atomic E-state index is 9.86. The van der Waals surface area contributed by atoms with Crippen LogP contribution in [0.15, 0.2) is 0 Å². The van der Waals surface area contributed by atoms with Crippen LogP contribution >= 0.6 is 0 Å². The molecule has 2 heteroatoms. The van der Waals surface area contributed by atoms with E-state index in [1.54, 1.807) is 7.11 Å². The Morgan fingerprint density at radius 2 is 2.00 bits per heavy atom. The molecule has 0 heterocycles. The summed E-state index contributed by atoms with van der Waals surface area (Å²) in [7, 11) is 1.71. The summed E-state index contributed by atoms with van der Waals surface area (Å²) >= 11 is 0. The summed E-state index contributed by atoms with van der Waals surface area (Å²) in [6, 6.07) is 0. The minimum absolute atomic E-state index is 0.335. The molecule has 2 nitrogen and oxygen atoms in total. The summed E-state index contributed by atoms with van der Waals surface area (Å²) in [4.78, 5) is 0. The standard InChI is InChI=1S/C9H18O2/c1-11-8-4-7-9(10)5-2-3-6-9/h10H,2-8H2,1H3. The molecular weight excluding hydrogens is 140 g/mol. The third kappa shape index (κ3) is 2.80. The highest BCUT2D eigenvalue weighted by Crippen LogP contribution is 2.32. The maximum absolute atomic E-state index is 9.86. The van der Waals surface area contributed by atoms with Gasteiger partial charge in [-0.2, -0.15) is 0 Å². The first-order valence-electron chi connectivity index (χ1n) is 4.48. The third-order valence-corrected chi connectivity index (χ3v) is 2.52. The van der Waals surface area contributed by atoms with E-state index in [0.29, 0.717) is 0 Å². The molecular formula is C9H18O2. The first-order chi connectivity index (χ1) is 5.27. The molecule has 0 amide bonds. The van der Waals surface area contributed by atoms with Crippen molar-refractivity contribution in [2.75, 3.05) is 13.7 Å². The zero-order valence-electron chi connectivity index (χ0n) is 7.31. The van der Waals surface area contributed by atoms with E-state index < -0.39 is 0 Å². The minimum atomic E-state index is -0.335. The summed E-state index contributed by atoms with van der Waals surface area (Å²) in [5, 5.41) is 9.86. The average Bonchev–Trinajstić information content (AvgIpc) is 2.38. The normalized spacial score (nSPS) is 22.4. The molecule has 0 aromatic heterocycles. The van der Waals surface area contributed by atoms with Crippen molar-refractivity contribution >= 4 is 0 Å². The highest BCUT2D eigenvalue weighted by Gasteiger charge is 2.29. The molecule has 1 rings (SSSR count). The van der Waals surface area contributed by atoms with Gasteiger partial charge in [0, 0.05) is 13.7 Å². The summed E-state index contributed by atoms with van der Waals surface area (Å²) in [6.45, 7) is 0.780. The van der Waals surface area contributed by atoms with Crippen LogP contribution in [0.1, 0.15) is 38.5 Å². The number of ether oxygens (including phenoxy) is 1. The number of hydrogen-bond donors (Lipinski definition) is 1. The lowest BCUT2D eigenvalue weighted by molar-refractivity contribution is 0.0294. The summed E-state index contributed by atoms with van der Waals surface area (Å²) < 4.78 is 4.94. The molecule has 66 valence electrons. The summed E-state index contributed by atoms with van der Waals surface area (Å²) in [5.41, 5.74) is -0.335. The molecule has 1 fully saturated rings. The van der Waals surface area contributed by atoms with Crippen molar-refractivity contribution in [3.63, 3.8) is 0 Å². The largest absolute Gasteiger partial charge is 0.390 e. The Morgan fingerprint density at radius 3 is 2.55 bits per heavy atom. The molecule has 0 aromatic rings. The maximum Gasteiger partial charge on any atom is 0.0648 e. The number of hydrogen-bond acceptors (Lipinski definition) is 2. The fourth-order valence-electron chi connectivity index (χ4n) is 1.83. The average molecular weight is 158 g/mol. The van der Waals surface area contributed by atoms with E-state index in [-0.39, 0.29) is 5.60 Å². The molecule has 0 unspecified atom stereocenters. The number of methoxy groups -OCH3 is 1. The molecule has 1 saturated carbocycles. The van der Waals surface area contributed by atoms with E-state index in [2.05, 4.69) is 0 Å². The lowest BCUT2D eigenvalue weighted by Gasteiger charge is -2.21. The second-order valence-corrected chi connectivity index (χ2v) is 3.53. The van der Waals surface area contributed by atoms with E-state index in [0.717, 1.165) is 32.3 Å². The van der Waals surface area contributed by atoms with Crippen LogP contribution in [0.25, 0.3) is 0 Å². The van der Waals surface area contributed by atoms with Crippen molar-refractivity contribution < 1.29 is 9.84 Å². The summed E-state index contributed by atoms with van der Waals surface area (Å²) in [6.07, 6.45) is 6.30. The van der Waals surface area contributed by atoms with Crippen LogP contribution < -0.4 is 0 Å². The Bertz CT molecular complexity index is 106. The van der Waals surface area contributed by atoms with Crippen molar-refractivity contribution in [2.24, 2.45) is 0 Å². The van der Waals surface area contributed by atoms with Gasteiger partial charge in [-0.05, 0) is 25.7 Å². The van der Waals surface area contributed by atoms with Gasteiger partial charge in [0.05, 0.1) is 5.60 Å². The van der Waals surface area contributed by atoms with Crippen LogP contribution in [0.5, 0.6) is 0 Å². The molecule has 0 atom stereocenters. The molecule has 11 heavy (non-hydrogen) atoms. The lowest BCUT2D eigenvalue weighted by Crippen LogP contribution is -2.24. The predicted octanol–water partition coefficient (Wildman–Crippen LogP) is 1.72. The highest BCUT2D eigenvalue weighted by atomic mass is 16.5. The molecule has 0 saturated heterocycles. The van der Waals surface area contributed by atoms with Gasteiger partial charge in [-0.25, -0.2) is 0 Å². The molecule has 1 aliphatic carbocycles. The smallest absolute Gasteiger partial charge is 0.0648 e. The topological polar surface area (TPSA) is 29.5 Å². The van der Waals surface area contributed by atoms with E-state index in [4.69, 9.17) is 4.74 Å². The van der Waals surface area contributed by atoms with E-state index in [1.807, 2.05) is 0 Å². The van der Waals surface area contributed by atoms with E-state index >= 15 is 0 Å². The fourth-order valence-corrected chi connectivity index (χ4v) is 1.83. The van der Waals surface area contributed by atoms with Crippen LogP contribution in [-0.4, -0.2) is 24.4 Å². The van der Waals surface area contributed by atoms with Crippen LogP contribution in [0.2, 0.25) is 0 Å². The van der Waals surface area contributed by atoms with Gasteiger partial charge in [0.15, 0.2) is 0 Å². The molecule has 0 bridgehead atoms. The monoisotopic (exact) mass is 158 g/mol. The SMILES string of the molecule is COCCCC1(O)CCCC1. The van der Waals surface area contributed by atoms with Gasteiger partial charge in [-0.1, -0.05) is 12.8 Å². The Hall–Kier alpha value is -0.0800. The highest BCUT2D eigenvalue weighted by molar-refractivity contribution is 4.83. The van der Waals surface area contributed by atoms with Gasteiger partial charge in [-0.3, -0.25) is 0 Å². The third-order valence-electron chi connectivity index (χ3n) is 2.52. The fraction of sp³-hybridized carbons (Fsp3) is 1.00. The van der Waals surface area contributed by atoms with Gasteiger partial charge >= 0.3 is 0 Å². The molecule has 0 aromatic carbocycles. The van der Waals surface area contributed by atoms with Crippen LogP contribution in [0.4, 0.5) is 0 Å². The van der Waals surface area contributed by atoms with E-state index in [1.165, 1.54) is 12.8 Å². The molecule has 0 radical (unpaired) electrons. The second kappa shape index (κ2) is 4.07. The van der Waals surface area contributed by atoms with Crippen LogP contribution in [0.3, 0.4) is 0 Å². The quantitative estimate of drug-likeness (QED) is 0.631. The van der Waals surface area contributed by atoms with Crippen molar-refractivity contribution in [3.05, 3.63) is 0 Å². The molecule has 0 aliphatic heterocycles. The number of rotatable bonds is 4. The number of aliphatic hydroxyl groups is 1. The van der Waals surface area contributed by atoms with Gasteiger partial charge in [0.25, 0.3) is 0 Å². The van der Waals surface area contributed by atoms with Crippen molar-refractivity contribution in [1.29, 1.82) is 0 Å². The Morgan fingerprint density at radius 1 is 1.36 bits per heavy atom. The predicted molar refractivity (Wildman–Crippen MR) is 44.5 cm³/mol. The second-order valence-electron chi connectivity index (χ2n) is 3.53. The lowest BCUT2D eigenvalue weighted by atomic mass is 9.96. The first kappa shape index (κ1) is 9.01. The molecule has 1 N–H and O–H groups in total. The van der Waals surface area contributed by atoms with Gasteiger partial charge < -0.3 is 9.84 Å². The molecule has 1 aliphatic rings. The van der Waals surface area contributed by atoms with Crippen molar-refractivity contribution in [2.45, 2.75) is 44.1 Å². The first-order valence-corrected chi connectivity index (χ1v) is 4.48. The Balaban J connectivity index is 2.13. The van der Waals surface area contributed by atoms with Crippen molar-refractivity contribution in [1.82, 2.24) is 0 Å². The van der Waals surface area contributed by atoms with Gasteiger partial charge in [0.2, 0.25) is 0 Å².